The van der Waals surface area contributed by atoms with Crippen molar-refractivity contribution in [1.82, 2.24) is 0 Å². The number of nitrogens with two attached hydrogens (primary N) is 1. The van der Waals surface area contributed by atoms with Crippen molar-refractivity contribution in [2.45, 2.75) is 19.4 Å². The average molecular weight is 296 g/mol. The average Bonchev–Trinajstić information content (AvgIpc) is 2.43. The topological polar surface area (TPSA) is 73.6 Å². The first-order chi connectivity index (χ1) is 9.54. The lowest BCUT2D eigenvalue weighted by molar-refractivity contribution is -0.126. The third kappa shape index (κ3) is 5.64. The second kappa shape index (κ2) is 8.63. The van der Waals surface area contributed by atoms with Crippen LogP contribution in [0.15, 0.2) is 24.3 Å². The molecule has 1 aromatic carbocycles. The lowest BCUT2D eigenvalue weighted by Gasteiger charge is -2.13. The van der Waals surface area contributed by atoms with Gasteiger partial charge in [-0.05, 0) is 25.5 Å². The smallest absolute Gasteiger partial charge is 0.253 e. The van der Waals surface area contributed by atoms with E-state index in [2.05, 4.69) is 5.32 Å². The van der Waals surface area contributed by atoms with Crippen molar-refractivity contribution in [3.63, 3.8) is 0 Å². The Morgan fingerprint density at radius 3 is 2.85 bits per heavy atom. The van der Waals surface area contributed by atoms with Gasteiger partial charge in [-0.1, -0.05) is 24.4 Å². The van der Waals surface area contributed by atoms with Gasteiger partial charge in [-0.25, -0.2) is 0 Å². The molecule has 0 aliphatic carbocycles. The maximum absolute atomic E-state index is 11.9. The summed E-state index contributed by atoms with van der Waals surface area (Å²) < 4.78 is 10.3. The van der Waals surface area contributed by atoms with Crippen LogP contribution in [0.25, 0.3) is 0 Å². The molecule has 0 aromatic heterocycles. The van der Waals surface area contributed by atoms with Crippen LogP contribution >= 0.6 is 12.2 Å². The van der Waals surface area contributed by atoms with Crippen LogP contribution in [0.2, 0.25) is 0 Å². The van der Waals surface area contributed by atoms with Gasteiger partial charge in [-0.15, -0.1) is 0 Å². The fourth-order valence-corrected chi connectivity index (χ4v) is 1.66. The van der Waals surface area contributed by atoms with Crippen molar-refractivity contribution >= 4 is 28.8 Å². The summed E-state index contributed by atoms with van der Waals surface area (Å²) >= 11 is 4.90. The zero-order valence-electron chi connectivity index (χ0n) is 11.7. The van der Waals surface area contributed by atoms with Crippen molar-refractivity contribution in [1.29, 1.82) is 0 Å². The Kier molecular flexibility index (Phi) is 7.14. The molecule has 1 aromatic rings. The van der Waals surface area contributed by atoms with Gasteiger partial charge in [0, 0.05) is 31.6 Å². The maximum atomic E-state index is 11.9. The van der Waals surface area contributed by atoms with Crippen LogP contribution in [0.1, 0.15) is 18.9 Å². The molecule has 0 fully saturated rings. The Hall–Kier alpha value is -1.50. The van der Waals surface area contributed by atoms with Crippen molar-refractivity contribution in [3.8, 4) is 0 Å². The molecular weight excluding hydrogens is 276 g/mol. The number of nitrogens with one attached hydrogen (secondary N) is 1. The third-order valence-corrected chi connectivity index (χ3v) is 2.88. The fourth-order valence-electron chi connectivity index (χ4n) is 1.53. The van der Waals surface area contributed by atoms with E-state index >= 15 is 0 Å². The normalized spacial score (nSPS) is 11.9. The molecule has 20 heavy (non-hydrogen) atoms. The van der Waals surface area contributed by atoms with Crippen molar-refractivity contribution in [2.75, 3.05) is 25.6 Å². The molecule has 0 radical (unpaired) electrons. The highest BCUT2D eigenvalue weighted by molar-refractivity contribution is 7.80. The summed E-state index contributed by atoms with van der Waals surface area (Å²) in [5.74, 6) is -0.206. The molecule has 0 aliphatic rings. The van der Waals surface area contributed by atoms with Crippen LogP contribution < -0.4 is 11.1 Å². The zero-order valence-corrected chi connectivity index (χ0v) is 12.5. The molecule has 1 amide bonds. The number of anilines is 1. The number of amides is 1. The Balaban J connectivity index is 2.48. The number of hydrogen-bond donors (Lipinski definition) is 2. The first kappa shape index (κ1) is 16.6. The van der Waals surface area contributed by atoms with E-state index in [1.165, 1.54) is 0 Å². The van der Waals surface area contributed by atoms with Crippen LogP contribution in [0, 0.1) is 0 Å². The minimum Gasteiger partial charge on any atom is -0.389 e. The molecule has 0 bridgehead atoms. The molecule has 0 heterocycles. The largest absolute Gasteiger partial charge is 0.389 e. The quantitative estimate of drug-likeness (QED) is 0.564. The van der Waals surface area contributed by atoms with Gasteiger partial charge in [0.05, 0.1) is 0 Å². The summed E-state index contributed by atoms with van der Waals surface area (Å²) in [4.78, 5) is 12.2. The van der Waals surface area contributed by atoms with E-state index in [0.717, 1.165) is 6.42 Å². The lowest BCUT2D eigenvalue weighted by Crippen LogP contribution is -2.28. The molecule has 1 atom stereocenters. The molecule has 1 unspecified atom stereocenters. The second-order valence-corrected chi connectivity index (χ2v) is 4.73. The number of carbonyl (C=O) groups is 1. The van der Waals surface area contributed by atoms with Crippen LogP contribution in [0.3, 0.4) is 0 Å². The molecular formula is C14H20N2O3S. The molecule has 1 rings (SSSR count). The van der Waals surface area contributed by atoms with Gasteiger partial charge >= 0.3 is 0 Å². The zero-order chi connectivity index (χ0) is 15.0. The van der Waals surface area contributed by atoms with Crippen molar-refractivity contribution in [3.05, 3.63) is 29.8 Å². The molecule has 0 saturated carbocycles. The Labute approximate surface area is 124 Å². The molecule has 3 N–H and O–H groups in total. The SMILES string of the molecule is COCCCOC(C)C(=O)Nc1cccc(C(N)=S)c1. The molecule has 0 saturated heterocycles. The number of thiocarbonyl (C=S) groups is 1. The first-order valence-electron chi connectivity index (χ1n) is 6.36. The van der Waals surface area contributed by atoms with Gasteiger partial charge in [-0.2, -0.15) is 0 Å². The number of methoxy groups -OCH3 is 1. The lowest BCUT2D eigenvalue weighted by atomic mass is 10.2. The van der Waals surface area contributed by atoms with Gasteiger partial charge in [0.25, 0.3) is 5.91 Å². The van der Waals surface area contributed by atoms with E-state index in [-0.39, 0.29) is 5.91 Å². The Bertz CT molecular complexity index is 465. The van der Waals surface area contributed by atoms with E-state index in [0.29, 0.717) is 29.5 Å². The fraction of sp³-hybridized carbons (Fsp3) is 0.429. The predicted molar refractivity (Wildman–Crippen MR) is 82.9 cm³/mol. The second-order valence-electron chi connectivity index (χ2n) is 4.29. The Morgan fingerprint density at radius 1 is 1.45 bits per heavy atom. The van der Waals surface area contributed by atoms with Gasteiger partial charge in [0.2, 0.25) is 0 Å². The van der Waals surface area contributed by atoms with Crippen LogP contribution in [-0.4, -0.2) is 37.3 Å². The standard InChI is InChI=1S/C14H20N2O3S/c1-10(19-8-4-7-18-2)14(17)16-12-6-3-5-11(9-12)13(15)20/h3,5-6,9-10H,4,7-8H2,1-2H3,(H2,15,20)(H,16,17). The maximum Gasteiger partial charge on any atom is 0.253 e. The molecule has 6 heteroatoms. The molecule has 110 valence electrons. The van der Waals surface area contributed by atoms with Gasteiger partial charge < -0.3 is 20.5 Å². The molecule has 0 aliphatic heterocycles. The number of rotatable bonds is 8. The summed E-state index contributed by atoms with van der Waals surface area (Å²) in [5.41, 5.74) is 6.91. The summed E-state index contributed by atoms with van der Waals surface area (Å²) in [7, 11) is 1.63. The summed E-state index contributed by atoms with van der Waals surface area (Å²) in [5, 5.41) is 2.77. The molecule has 5 nitrogen and oxygen atoms in total. The van der Waals surface area contributed by atoms with Crippen LogP contribution in [0.4, 0.5) is 5.69 Å². The number of ether oxygens (including phenoxy) is 2. The van der Waals surface area contributed by atoms with Crippen molar-refractivity contribution < 1.29 is 14.3 Å². The van der Waals surface area contributed by atoms with Gasteiger partial charge in [0.1, 0.15) is 11.1 Å². The molecule has 0 spiro atoms. The first-order valence-corrected chi connectivity index (χ1v) is 6.76. The summed E-state index contributed by atoms with van der Waals surface area (Å²) in [6, 6.07) is 7.09. The van der Waals surface area contributed by atoms with E-state index in [1.807, 2.05) is 0 Å². The highest BCUT2D eigenvalue weighted by atomic mass is 32.1. The summed E-state index contributed by atoms with van der Waals surface area (Å²) in [6.45, 7) is 2.80. The van der Waals surface area contributed by atoms with Crippen LogP contribution in [0.5, 0.6) is 0 Å². The van der Waals surface area contributed by atoms with E-state index in [1.54, 1.807) is 38.3 Å². The number of benzene rings is 1. The van der Waals surface area contributed by atoms with Crippen LogP contribution in [-0.2, 0) is 14.3 Å². The van der Waals surface area contributed by atoms with E-state index < -0.39 is 6.10 Å². The minimum atomic E-state index is -0.527. The predicted octanol–water partition coefficient (Wildman–Crippen LogP) is 1.70. The van der Waals surface area contributed by atoms with Gasteiger partial charge in [-0.3, -0.25) is 4.79 Å². The number of hydrogen-bond acceptors (Lipinski definition) is 4. The monoisotopic (exact) mass is 296 g/mol. The highest BCUT2D eigenvalue weighted by Crippen LogP contribution is 2.11. The van der Waals surface area contributed by atoms with E-state index in [4.69, 9.17) is 27.4 Å². The third-order valence-electron chi connectivity index (χ3n) is 2.64. The van der Waals surface area contributed by atoms with Crippen molar-refractivity contribution in [2.24, 2.45) is 5.73 Å². The highest BCUT2D eigenvalue weighted by Gasteiger charge is 2.13. The minimum absolute atomic E-state index is 0.206. The number of carbonyl (C=O) groups excluding carboxylic acids is 1. The van der Waals surface area contributed by atoms with E-state index in [9.17, 15) is 4.79 Å². The Morgan fingerprint density at radius 2 is 2.20 bits per heavy atom. The van der Waals surface area contributed by atoms with Gasteiger partial charge in [0.15, 0.2) is 0 Å². The summed E-state index contributed by atoms with van der Waals surface area (Å²) in [6.07, 6.45) is 0.228.